The first-order valence-corrected chi connectivity index (χ1v) is 6.09. The minimum atomic E-state index is 0.755. The van der Waals surface area contributed by atoms with E-state index in [4.69, 9.17) is 16.3 Å². The second kappa shape index (κ2) is 7.58. The van der Waals surface area contributed by atoms with E-state index in [0.29, 0.717) is 0 Å². The van der Waals surface area contributed by atoms with Crippen molar-refractivity contribution in [1.29, 1.82) is 0 Å². The van der Waals surface area contributed by atoms with Gasteiger partial charge in [0, 0.05) is 5.02 Å². The lowest BCUT2D eigenvalue weighted by Gasteiger charge is -2.05. The fourth-order valence-corrected chi connectivity index (χ4v) is 1.55. The van der Waals surface area contributed by atoms with Gasteiger partial charge in [0.25, 0.3) is 0 Å². The summed E-state index contributed by atoms with van der Waals surface area (Å²) in [6, 6.07) is 7.53. The van der Waals surface area contributed by atoms with Gasteiger partial charge >= 0.3 is 0 Å². The van der Waals surface area contributed by atoms with Crippen LogP contribution in [0.5, 0.6) is 5.75 Å². The van der Waals surface area contributed by atoms with Crippen molar-refractivity contribution < 1.29 is 4.74 Å². The van der Waals surface area contributed by atoms with Gasteiger partial charge in [-0.3, -0.25) is 0 Å². The number of unbranched alkanes of at least 4 members (excludes halogenated alkanes) is 4. The highest BCUT2D eigenvalue weighted by Gasteiger charge is 1.93. The number of rotatable bonds is 7. The van der Waals surface area contributed by atoms with Crippen molar-refractivity contribution in [2.24, 2.45) is 0 Å². The van der Waals surface area contributed by atoms with Crippen molar-refractivity contribution in [3.63, 3.8) is 0 Å². The molecule has 0 spiro atoms. The third-order valence-electron chi connectivity index (χ3n) is 2.33. The predicted octanol–water partition coefficient (Wildman–Crippen LogP) is 4.69. The second-order valence-corrected chi connectivity index (χ2v) is 4.15. The molecule has 0 fully saturated rings. The Labute approximate surface area is 97.4 Å². The maximum absolute atomic E-state index is 5.77. The van der Waals surface area contributed by atoms with Gasteiger partial charge in [0.05, 0.1) is 6.61 Å². The molecule has 1 aromatic rings. The van der Waals surface area contributed by atoms with Crippen LogP contribution in [0.3, 0.4) is 0 Å². The van der Waals surface area contributed by atoms with Crippen LogP contribution in [0.4, 0.5) is 0 Å². The molecule has 2 heteroatoms. The minimum Gasteiger partial charge on any atom is -0.494 e. The van der Waals surface area contributed by atoms with E-state index in [1.54, 1.807) is 0 Å². The average Bonchev–Trinajstić information content (AvgIpc) is 2.26. The summed E-state index contributed by atoms with van der Waals surface area (Å²) < 4.78 is 5.58. The topological polar surface area (TPSA) is 9.23 Å². The molecule has 0 N–H and O–H groups in total. The average molecular weight is 227 g/mol. The van der Waals surface area contributed by atoms with E-state index in [-0.39, 0.29) is 0 Å². The monoisotopic (exact) mass is 226 g/mol. The lowest BCUT2D eigenvalue weighted by molar-refractivity contribution is 0.304. The van der Waals surface area contributed by atoms with Gasteiger partial charge in [-0.2, -0.15) is 0 Å². The molecule has 0 aliphatic carbocycles. The van der Waals surface area contributed by atoms with Gasteiger partial charge in [0.1, 0.15) is 5.75 Å². The Bertz CT molecular complexity index is 256. The van der Waals surface area contributed by atoms with Crippen LogP contribution in [0, 0.1) is 0 Å². The molecule has 15 heavy (non-hydrogen) atoms. The first-order chi connectivity index (χ1) is 7.33. The molecule has 0 heterocycles. The summed E-state index contributed by atoms with van der Waals surface area (Å²) in [4.78, 5) is 0. The molecule has 0 saturated carbocycles. The largest absolute Gasteiger partial charge is 0.494 e. The van der Waals surface area contributed by atoms with Crippen molar-refractivity contribution in [2.75, 3.05) is 6.61 Å². The predicted molar refractivity (Wildman–Crippen MR) is 65.7 cm³/mol. The summed E-state index contributed by atoms with van der Waals surface area (Å²) >= 11 is 5.77. The summed E-state index contributed by atoms with van der Waals surface area (Å²) in [6.45, 7) is 3.04. The van der Waals surface area contributed by atoms with Crippen molar-refractivity contribution in [3.8, 4) is 5.75 Å². The highest BCUT2D eigenvalue weighted by atomic mass is 35.5. The standard InChI is InChI=1S/C13H19ClO/c1-2-3-4-5-6-11-15-13-9-7-12(14)8-10-13/h7-10H,2-6,11H2,1H3. The summed E-state index contributed by atoms with van der Waals surface area (Å²) in [6.07, 6.45) is 6.35. The Hall–Kier alpha value is -0.690. The third-order valence-corrected chi connectivity index (χ3v) is 2.58. The first-order valence-electron chi connectivity index (χ1n) is 5.71. The quantitative estimate of drug-likeness (QED) is 0.613. The second-order valence-electron chi connectivity index (χ2n) is 3.72. The summed E-state index contributed by atoms with van der Waals surface area (Å²) in [5.74, 6) is 0.912. The van der Waals surface area contributed by atoms with E-state index in [2.05, 4.69) is 6.92 Å². The van der Waals surface area contributed by atoms with Crippen molar-refractivity contribution >= 4 is 11.6 Å². The molecule has 0 atom stereocenters. The number of halogens is 1. The first kappa shape index (κ1) is 12.4. The van der Waals surface area contributed by atoms with Gasteiger partial charge in [-0.25, -0.2) is 0 Å². The maximum Gasteiger partial charge on any atom is 0.119 e. The van der Waals surface area contributed by atoms with Gasteiger partial charge in [-0.05, 0) is 30.7 Å². The molecule has 0 radical (unpaired) electrons. The lowest BCUT2D eigenvalue weighted by atomic mass is 10.2. The number of hydrogen-bond donors (Lipinski definition) is 0. The fourth-order valence-electron chi connectivity index (χ4n) is 1.43. The molecule has 1 rings (SSSR count). The molecule has 1 nitrogen and oxygen atoms in total. The third kappa shape index (κ3) is 5.68. The fraction of sp³-hybridized carbons (Fsp3) is 0.538. The van der Waals surface area contributed by atoms with E-state index in [0.717, 1.165) is 23.8 Å². The van der Waals surface area contributed by atoms with Crippen LogP contribution in [-0.4, -0.2) is 6.61 Å². The van der Waals surface area contributed by atoms with E-state index in [1.807, 2.05) is 24.3 Å². The molecule has 84 valence electrons. The van der Waals surface area contributed by atoms with Crippen LogP contribution in [0.25, 0.3) is 0 Å². The Morgan fingerprint density at radius 3 is 2.33 bits per heavy atom. The molecule has 0 bridgehead atoms. The Morgan fingerprint density at radius 1 is 1.00 bits per heavy atom. The Kier molecular flexibility index (Phi) is 6.26. The van der Waals surface area contributed by atoms with E-state index in [9.17, 15) is 0 Å². The van der Waals surface area contributed by atoms with Crippen molar-refractivity contribution in [2.45, 2.75) is 39.0 Å². The van der Waals surface area contributed by atoms with Gasteiger partial charge < -0.3 is 4.74 Å². The van der Waals surface area contributed by atoms with Gasteiger partial charge in [-0.1, -0.05) is 44.2 Å². The van der Waals surface area contributed by atoms with E-state index in [1.165, 1.54) is 25.7 Å². The number of ether oxygens (including phenoxy) is 1. The Balaban J connectivity index is 2.07. The number of hydrogen-bond acceptors (Lipinski definition) is 1. The van der Waals surface area contributed by atoms with Crippen molar-refractivity contribution in [1.82, 2.24) is 0 Å². The van der Waals surface area contributed by atoms with Crippen LogP contribution in [0.1, 0.15) is 39.0 Å². The SMILES string of the molecule is CCCCCCCOc1ccc(Cl)cc1. The molecule has 0 aromatic heterocycles. The zero-order chi connectivity index (χ0) is 10.9. The highest BCUT2D eigenvalue weighted by molar-refractivity contribution is 6.30. The molecule has 0 amide bonds. The minimum absolute atomic E-state index is 0.755. The maximum atomic E-state index is 5.77. The zero-order valence-electron chi connectivity index (χ0n) is 9.34. The number of benzene rings is 1. The summed E-state index contributed by atoms with van der Waals surface area (Å²) in [7, 11) is 0. The zero-order valence-corrected chi connectivity index (χ0v) is 10.1. The van der Waals surface area contributed by atoms with Crippen LogP contribution in [0.2, 0.25) is 5.02 Å². The molecular formula is C13H19ClO. The van der Waals surface area contributed by atoms with Crippen LogP contribution in [0.15, 0.2) is 24.3 Å². The van der Waals surface area contributed by atoms with Gasteiger partial charge in [-0.15, -0.1) is 0 Å². The van der Waals surface area contributed by atoms with E-state index < -0.39 is 0 Å². The highest BCUT2D eigenvalue weighted by Crippen LogP contribution is 2.15. The molecule has 0 saturated heterocycles. The summed E-state index contributed by atoms with van der Waals surface area (Å²) in [5.41, 5.74) is 0. The molecule has 0 aliphatic rings. The van der Waals surface area contributed by atoms with Gasteiger partial charge in [0.2, 0.25) is 0 Å². The van der Waals surface area contributed by atoms with Crippen LogP contribution >= 0.6 is 11.6 Å². The normalized spacial score (nSPS) is 10.3. The van der Waals surface area contributed by atoms with Crippen molar-refractivity contribution in [3.05, 3.63) is 29.3 Å². The van der Waals surface area contributed by atoms with Crippen LogP contribution in [-0.2, 0) is 0 Å². The Morgan fingerprint density at radius 2 is 1.67 bits per heavy atom. The molecule has 1 aromatic carbocycles. The van der Waals surface area contributed by atoms with E-state index >= 15 is 0 Å². The summed E-state index contributed by atoms with van der Waals surface area (Å²) in [5, 5.41) is 0.755. The molecule has 0 unspecified atom stereocenters. The molecule has 0 aliphatic heterocycles. The lowest BCUT2D eigenvalue weighted by Crippen LogP contribution is -1.96. The smallest absolute Gasteiger partial charge is 0.119 e. The van der Waals surface area contributed by atoms with Gasteiger partial charge in [0.15, 0.2) is 0 Å². The molecular weight excluding hydrogens is 208 g/mol. The van der Waals surface area contributed by atoms with Crippen LogP contribution < -0.4 is 4.74 Å².